The minimum atomic E-state index is -0.148. The van der Waals surface area contributed by atoms with Gasteiger partial charge in [-0.15, -0.1) is 0 Å². The molecule has 2 amide bonds. The molecule has 0 unspecified atom stereocenters. The first kappa shape index (κ1) is 11.3. The van der Waals surface area contributed by atoms with Crippen LogP contribution in [0, 0.1) is 5.41 Å². The first-order chi connectivity index (χ1) is 6.31. The Hall–Kier alpha value is -0.730. The monoisotopic (exact) mass is 198 g/mol. The van der Waals surface area contributed by atoms with Crippen LogP contribution < -0.4 is 10.6 Å². The van der Waals surface area contributed by atoms with Gasteiger partial charge < -0.3 is 10.6 Å². The number of carbonyl (C=O) groups excluding carboxylic acids is 1. The van der Waals surface area contributed by atoms with Gasteiger partial charge in [0, 0.05) is 12.1 Å². The summed E-state index contributed by atoms with van der Waals surface area (Å²) in [6, 6.07) is -0.0503. The normalized spacial score (nSPS) is 19.7. The van der Waals surface area contributed by atoms with E-state index in [1.807, 2.05) is 20.8 Å². The third-order valence-electron chi connectivity index (χ3n) is 2.72. The van der Waals surface area contributed by atoms with Crippen LogP contribution in [0.15, 0.2) is 0 Å². The number of urea groups is 1. The van der Waals surface area contributed by atoms with Gasteiger partial charge in [0.15, 0.2) is 0 Å². The Labute approximate surface area is 86.6 Å². The van der Waals surface area contributed by atoms with E-state index in [0.717, 1.165) is 6.54 Å². The SMILES string of the molecule is CC1(CNC(=O)NC(C)(C)C)CCC1. The van der Waals surface area contributed by atoms with Gasteiger partial charge in [-0.3, -0.25) is 0 Å². The molecule has 1 rings (SSSR count). The zero-order chi connectivity index (χ0) is 10.8. The van der Waals surface area contributed by atoms with Gasteiger partial charge in [-0.25, -0.2) is 4.79 Å². The maximum absolute atomic E-state index is 11.4. The highest BCUT2D eigenvalue weighted by Crippen LogP contribution is 2.39. The highest BCUT2D eigenvalue weighted by Gasteiger charge is 2.32. The van der Waals surface area contributed by atoms with Crippen molar-refractivity contribution in [3.8, 4) is 0 Å². The van der Waals surface area contributed by atoms with Crippen LogP contribution in [-0.4, -0.2) is 18.1 Å². The van der Waals surface area contributed by atoms with E-state index in [9.17, 15) is 4.79 Å². The minimum Gasteiger partial charge on any atom is -0.338 e. The average molecular weight is 198 g/mol. The van der Waals surface area contributed by atoms with Crippen molar-refractivity contribution in [2.45, 2.75) is 52.5 Å². The molecule has 14 heavy (non-hydrogen) atoms. The summed E-state index contributed by atoms with van der Waals surface area (Å²) in [6.07, 6.45) is 3.78. The molecule has 0 aliphatic heterocycles. The molecule has 0 aromatic heterocycles. The van der Waals surface area contributed by atoms with E-state index in [1.165, 1.54) is 19.3 Å². The number of nitrogens with one attached hydrogen (secondary N) is 2. The fourth-order valence-corrected chi connectivity index (χ4v) is 1.64. The molecule has 3 nitrogen and oxygen atoms in total. The van der Waals surface area contributed by atoms with Crippen molar-refractivity contribution in [3.63, 3.8) is 0 Å². The Kier molecular flexibility index (Phi) is 3.07. The molecule has 0 aromatic rings. The van der Waals surface area contributed by atoms with Gasteiger partial charge in [0.25, 0.3) is 0 Å². The quantitative estimate of drug-likeness (QED) is 0.702. The lowest BCUT2D eigenvalue weighted by molar-refractivity contribution is 0.155. The molecule has 3 heteroatoms. The summed E-state index contributed by atoms with van der Waals surface area (Å²) >= 11 is 0. The number of rotatable bonds is 2. The van der Waals surface area contributed by atoms with E-state index < -0.39 is 0 Å². The molecule has 0 aromatic carbocycles. The molecular formula is C11H22N2O. The van der Waals surface area contributed by atoms with Crippen LogP contribution in [0.4, 0.5) is 4.79 Å². The predicted octanol–water partition coefficient (Wildman–Crippen LogP) is 2.27. The van der Waals surface area contributed by atoms with Gasteiger partial charge in [-0.1, -0.05) is 13.3 Å². The highest BCUT2D eigenvalue weighted by molar-refractivity contribution is 5.74. The van der Waals surface area contributed by atoms with Crippen molar-refractivity contribution in [2.24, 2.45) is 5.41 Å². The molecule has 0 atom stereocenters. The fourth-order valence-electron chi connectivity index (χ4n) is 1.64. The molecule has 0 bridgehead atoms. The van der Waals surface area contributed by atoms with Gasteiger partial charge in [0.05, 0.1) is 0 Å². The van der Waals surface area contributed by atoms with E-state index >= 15 is 0 Å². The standard InChI is InChI=1S/C11H22N2O/c1-10(2,3)13-9(14)12-8-11(4)6-5-7-11/h5-8H2,1-4H3,(H2,12,13,14). The lowest BCUT2D eigenvalue weighted by Gasteiger charge is -2.38. The van der Waals surface area contributed by atoms with Gasteiger partial charge in [0.1, 0.15) is 0 Å². The van der Waals surface area contributed by atoms with Crippen molar-refractivity contribution < 1.29 is 4.79 Å². The second-order valence-electron chi connectivity index (χ2n) is 5.72. The molecule has 82 valence electrons. The molecule has 1 saturated carbocycles. The lowest BCUT2D eigenvalue weighted by atomic mass is 9.70. The Morgan fingerprint density at radius 1 is 1.36 bits per heavy atom. The Balaban J connectivity index is 2.21. The Morgan fingerprint density at radius 3 is 2.29 bits per heavy atom. The zero-order valence-electron chi connectivity index (χ0n) is 9.74. The second kappa shape index (κ2) is 3.79. The molecule has 1 aliphatic rings. The maximum Gasteiger partial charge on any atom is 0.315 e. The number of carbonyl (C=O) groups is 1. The average Bonchev–Trinajstić information content (AvgIpc) is 1.94. The molecule has 0 spiro atoms. The smallest absolute Gasteiger partial charge is 0.315 e. The van der Waals surface area contributed by atoms with Crippen LogP contribution in [-0.2, 0) is 0 Å². The summed E-state index contributed by atoms with van der Waals surface area (Å²) in [6.45, 7) is 8.98. The van der Waals surface area contributed by atoms with Crippen LogP contribution in [0.2, 0.25) is 0 Å². The van der Waals surface area contributed by atoms with Crippen molar-refractivity contribution >= 4 is 6.03 Å². The second-order valence-corrected chi connectivity index (χ2v) is 5.72. The molecule has 0 saturated heterocycles. The molecule has 1 aliphatic carbocycles. The zero-order valence-corrected chi connectivity index (χ0v) is 9.74. The van der Waals surface area contributed by atoms with Gasteiger partial charge in [-0.05, 0) is 39.0 Å². The van der Waals surface area contributed by atoms with E-state index in [1.54, 1.807) is 0 Å². The van der Waals surface area contributed by atoms with E-state index in [-0.39, 0.29) is 11.6 Å². The number of amides is 2. The molecule has 0 heterocycles. The summed E-state index contributed by atoms with van der Waals surface area (Å²) in [7, 11) is 0. The topological polar surface area (TPSA) is 41.1 Å². The van der Waals surface area contributed by atoms with Crippen molar-refractivity contribution in [1.29, 1.82) is 0 Å². The van der Waals surface area contributed by atoms with Gasteiger partial charge in [-0.2, -0.15) is 0 Å². The molecule has 2 N–H and O–H groups in total. The maximum atomic E-state index is 11.4. The molecule has 1 fully saturated rings. The van der Waals surface area contributed by atoms with Crippen molar-refractivity contribution in [1.82, 2.24) is 10.6 Å². The summed E-state index contributed by atoms with van der Waals surface area (Å²) in [4.78, 5) is 11.4. The first-order valence-corrected chi connectivity index (χ1v) is 5.37. The largest absolute Gasteiger partial charge is 0.338 e. The number of hydrogen-bond donors (Lipinski definition) is 2. The van der Waals surface area contributed by atoms with E-state index in [0.29, 0.717) is 5.41 Å². The lowest BCUT2D eigenvalue weighted by Crippen LogP contribution is -2.49. The van der Waals surface area contributed by atoms with Crippen LogP contribution in [0.5, 0.6) is 0 Å². The third-order valence-corrected chi connectivity index (χ3v) is 2.72. The molecule has 0 radical (unpaired) electrons. The fraction of sp³-hybridized carbons (Fsp3) is 0.909. The van der Waals surface area contributed by atoms with E-state index in [2.05, 4.69) is 17.6 Å². The summed E-state index contributed by atoms with van der Waals surface area (Å²) in [5, 5.41) is 5.82. The number of hydrogen-bond acceptors (Lipinski definition) is 1. The van der Waals surface area contributed by atoms with Gasteiger partial charge >= 0.3 is 6.03 Å². The summed E-state index contributed by atoms with van der Waals surface area (Å²) in [5.74, 6) is 0. The van der Waals surface area contributed by atoms with Crippen LogP contribution in [0.25, 0.3) is 0 Å². The third kappa shape index (κ3) is 3.56. The van der Waals surface area contributed by atoms with Crippen molar-refractivity contribution in [3.05, 3.63) is 0 Å². The molecular weight excluding hydrogens is 176 g/mol. The van der Waals surface area contributed by atoms with Crippen molar-refractivity contribution in [2.75, 3.05) is 6.54 Å². The Bertz CT molecular complexity index is 214. The first-order valence-electron chi connectivity index (χ1n) is 5.37. The van der Waals surface area contributed by atoms with Crippen LogP contribution in [0.3, 0.4) is 0 Å². The van der Waals surface area contributed by atoms with E-state index in [4.69, 9.17) is 0 Å². The Morgan fingerprint density at radius 2 is 1.93 bits per heavy atom. The predicted molar refractivity (Wildman–Crippen MR) is 58.2 cm³/mol. The van der Waals surface area contributed by atoms with Crippen LogP contribution in [0.1, 0.15) is 47.0 Å². The highest BCUT2D eigenvalue weighted by atomic mass is 16.2. The summed E-state index contributed by atoms with van der Waals surface area (Å²) in [5.41, 5.74) is 0.208. The minimum absolute atomic E-state index is 0.0503. The van der Waals surface area contributed by atoms with Crippen LogP contribution >= 0.6 is 0 Å². The van der Waals surface area contributed by atoms with Gasteiger partial charge in [0.2, 0.25) is 0 Å². The summed E-state index contributed by atoms with van der Waals surface area (Å²) < 4.78 is 0.